The van der Waals surface area contributed by atoms with Crippen LogP contribution >= 0.6 is 0 Å². The molecule has 0 aliphatic heterocycles. The minimum Gasteiger partial charge on any atom is -0.491 e. The summed E-state index contributed by atoms with van der Waals surface area (Å²) in [7, 11) is 1.86. The van der Waals surface area contributed by atoms with Gasteiger partial charge in [0, 0.05) is 6.04 Å². The first-order valence-corrected chi connectivity index (χ1v) is 6.64. The van der Waals surface area contributed by atoms with Crippen LogP contribution < -0.4 is 10.1 Å². The Balaban J connectivity index is 2.52. The highest BCUT2D eigenvalue weighted by atomic mass is 19.1. The van der Waals surface area contributed by atoms with E-state index in [9.17, 15) is 4.39 Å². The second-order valence-electron chi connectivity index (χ2n) is 5.08. The van der Waals surface area contributed by atoms with Gasteiger partial charge < -0.3 is 10.1 Å². The third-order valence-electron chi connectivity index (χ3n) is 3.07. The number of nitrogens with one attached hydrogen (secondary N) is 1. The fraction of sp³-hybridized carbons (Fsp3) is 0.600. The molecule has 0 amide bonds. The minimum atomic E-state index is -0.279. The van der Waals surface area contributed by atoms with Crippen LogP contribution in [0.2, 0.25) is 0 Å². The first-order valence-electron chi connectivity index (χ1n) is 6.64. The van der Waals surface area contributed by atoms with Crippen LogP contribution in [-0.2, 0) is 0 Å². The highest BCUT2D eigenvalue weighted by Crippen LogP contribution is 2.22. The first kappa shape index (κ1) is 15.0. The summed E-state index contributed by atoms with van der Waals surface area (Å²) in [6.07, 6.45) is 2.07. The maximum Gasteiger partial charge on any atom is 0.165 e. The van der Waals surface area contributed by atoms with Gasteiger partial charge in [-0.3, -0.25) is 0 Å². The Morgan fingerprint density at radius 2 is 2.00 bits per heavy atom. The number of hydrogen-bond donors (Lipinski definition) is 1. The summed E-state index contributed by atoms with van der Waals surface area (Å²) in [5, 5.41) is 3.09. The molecule has 0 aliphatic carbocycles. The van der Waals surface area contributed by atoms with Crippen molar-refractivity contribution in [2.75, 3.05) is 13.7 Å². The van der Waals surface area contributed by atoms with E-state index >= 15 is 0 Å². The largest absolute Gasteiger partial charge is 0.491 e. The predicted molar refractivity (Wildman–Crippen MR) is 73.4 cm³/mol. The third-order valence-corrected chi connectivity index (χ3v) is 3.07. The average Bonchev–Trinajstić information content (AvgIpc) is 2.34. The Morgan fingerprint density at radius 1 is 1.28 bits per heavy atom. The number of hydrogen-bond acceptors (Lipinski definition) is 2. The lowest BCUT2D eigenvalue weighted by Crippen LogP contribution is -2.12. The molecule has 1 rings (SSSR count). The molecule has 2 nitrogen and oxygen atoms in total. The summed E-state index contributed by atoms with van der Waals surface area (Å²) >= 11 is 0. The summed E-state index contributed by atoms with van der Waals surface area (Å²) < 4.78 is 19.2. The Bertz CT molecular complexity index is 366. The van der Waals surface area contributed by atoms with Gasteiger partial charge in [0.2, 0.25) is 0 Å². The van der Waals surface area contributed by atoms with E-state index in [1.807, 2.05) is 20.0 Å². The van der Waals surface area contributed by atoms with Crippen molar-refractivity contribution < 1.29 is 9.13 Å². The van der Waals surface area contributed by atoms with Crippen molar-refractivity contribution in [3.05, 3.63) is 29.6 Å². The lowest BCUT2D eigenvalue weighted by molar-refractivity contribution is 0.284. The van der Waals surface area contributed by atoms with Crippen LogP contribution in [0.25, 0.3) is 0 Å². The molecule has 0 saturated carbocycles. The molecule has 0 radical (unpaired) electrons. The van der Waals surface area contributed by atoms with Gasteiger partial charge in [0.1, 0.15) is 0 Å². The van der Waals surface area contributed by atoms with Gasteiger partial charge in [0.25, 0.3) is 0 Å². The molecule has 1 aromatic carbocycles. The SMILES string of the molecule is CNC(C)c1ccc(OCCCC(C)C)c(F)c1. The molecule has 0 aliphatic rings. The van der Waals surface area contributed by atoms with E-state index in [2.05, 4.69) is 19.2 Å². The zero-order valence-corrected chi connectivity index (χ0v) is 11.8. The molecule has 0 bridgehead atoms. The van der Waals surface area contributed by atoms with Crippen molar-refractivity contribution in [1.29, 1.82) is 0 Å². The van der Waals surface area contributed by atoms with Crippen molar-refractivity contribution in [3.63, 3.8) is 0 Å². The normalized spacial score (nSPS) is 12.8. The van der Waals surface area contributed by atoms with Gasteiger partial charge in [0.05, 0.1) is 6.61 Å². The third kappa shape index (κ3) is 4.65. The van der Waals surface area contributed by atoms with Crippen molar-refractivity contribution >= 4 is 0 Å². The maximum absolute atomic E-state index is 13.8. The molecule has 1 unspecified atom stereocenters. The number of benzene rings is 1. The second-order valence-corrected chi connectivity index (χ2v) is 5.08. The van der Waals surface area contributed by atoms with E-state index in [0.717, 1.165) is 18.4 Å². The van der Waals surface area contributed by atoms with Crippen molar-refractivity contribution in [2.24, 2.45) is 5.92 Å². The molecule has 0 saturated heterocycles. The molecule has 18 heavy (non-hydrogen) atoms. The zero-order chi connectivity index (χ0) is 13.5. The Hall–Kier alpha value is -1.09. The van der Waals surface area contributed by atoms with Gasteiger partial charge in [-0.1, -0.05) is 19.9 Å². The molecule has 1 atom stereocenters. The van der Waals surface area contributed by atoms with Gasteiger partial charge in [-0.25, -0.2) is 4.39 Å². The van der Waals surface area contributed by atoms with Gasteiger partial charge in [-0.05, 0) is 50.4 Å². The highest BCUT2D eigenvalue weighted by molar-refractivity contribution is 5.30. The summed E-state index contributed by atoms with van der Waals surface area (Å²) in [6, 6.07) is 5.31. The Morgan fingerprint density at radius 3 is 2.56 bits per heavy atom. The van der Waals surface area contributed by atoms with Crippen LogP contribution in [0.1, 0.15) is 45.2 Å². The van der Waals surface area contributed by atoms with Crippen LogP contribution in [0.3, 0.4) is 0 Å². The minimum absolute atomic E-state index is 0.148. The van der Waals surface area contributed by atoms with Crippen LogP contribution in [-0.4, -0.2) is 13.7 Å². The van der Waals surface area contributed by atoms with Crippen LogP contribution in [0, 0.1) is 11.7 Å². The fourth-order valence-electron chi connectivity index (χ4n) is 1.74. The number of ether oxygens (including phenoxy) is 1. The summed E-state index contributed by atoms with van der Waals surface area (Å²) in [5.41, 5.74) is 0.935. The molecule has 1 aromatic rings. The monoisotopic (exact) mass is 253 g/mol. The van der Waals surface area contributed by atoms with E-state index in [1.54, 1.807) is 12.1 Å². The molecule has 1 N–H and O–H groups in total. The smallest absolute Gasteiger partial charge is 0.165 e. The van der Waals surface area contributed by atoms with Gasteiger partial charge in [0.15, 0.2) is 11.6 Å². The topological polar surface area (TPSA) is 21.3 Å². The van der Waals surface area contributed by atoms with E-state index in [0.29, 0.717) is 18.3 Å². The van der Waals surface area contributed by atoms with E-state index < -0.39 is 0 Å². The van der Waals surface area contributed by atoms with Crippen molar-refractivity contribution in [2.45, 2.75) is 39.7 Å². The molecular weight excluding hydrogens is 229 g/mol. The van der Waals surface area contributed by atoms with E-state index in [4.69, 9.17) is 4.74 Å². The standard InChI is InChI=1S/C15H24FNO/c1-11(2)6-5-9-18-15-8-7-13(10-14(15)16)12(3)17-4/h7-8,10-12,17H,5-6,9H2,1-4H3. The molecule has 3 heteroatoms. The van der Waals surface area contributed by atoms with Crippen molar-refractivity contribution in [3.8, 4) is 5.75 Å². The molecular formula is C15H24FNO. The summed E-state index contributed by atoms with van der Waals surface area (Å²) in [4.78, 5) is 0. The molecule has 0 fully saturated rings. The average molecular weight is 253 g/mol. The molecule has 0 aromatic heterocycles. The predicted octanol–water partition coefficient (Wildman–Crippen LogP) is 3.92. The number of halogens is 1. The van der Waals surface area contributed by atoms with Crippen LogP contribution in [0.5, 0.6) is 5.75 Å². The quantitative estimate of drug-likeness (QED) is 0.744. The van der Waals surface area contributed by atoms with Crippen LogP contribution in [0.4, 0.5) is 4.39 Å². The first-order chi connectivity index (χ1) is 8.54. The van der Waals surface area contributed by atoms with Gasteiger partial charge >= 0.3 is 0 Å². The molecule has 0 heterocycles. The van der Waals surface area contributed by atoms with Crippen LogP contribution in [0.15, 0.2) is 18.2 Å². The highest BCUT2D eigenvalue weighted by Gasteiger charge is 2.08. The lowest BCUT2D eigenvalue weighted by atomic mass is 10.1. The second kappa shape index (κ2) is 7.37. The lowest BCUT2D eigenvalue weighted by Gasteiger charge is -2.13. The van der Waals surface area contributed by atoms with Crippen molar-refractivity contribution in [1.82, 2.24) is 5.32 Å². The van der Waals surface area contributed by atoms with E-state index in [1.165, 1.54) is 0 Å². The van der Waals surface area contributed by atoms with Gasteiger partial charge in [-0.15, -0.1) is 0 Å². The fourth-order valence-corrected chi connectivity index (χ4v) is 1.74. The Labute approximate surface area is 110 Å². The van der Waals surface area contributed by atoms with E-state index in [-0.39, 0.29) is 11.9 Å². The van der Waals surface area contributed by atoms with Gasteiger partial charge in [-0.2, -0.15) is 0 Å². The Kier molecular flexibility index (Phi) is 6.13. The summed E-state index contributed by atoms with van der Waals surface area (Å²) in [5.74, 6) is 0.738. The number of rotatable bonds is 7. The summed E-state index contributed by atoms with van der Waals surface area (Å²) in [6.45, 7) is 6.93. The zero-order valence-electron chi connectivity index (χ0n) is 11.8. The molecule has 0 spiro atoms. The maximum atomic E-state index is 13.8. The molecule has 102 valence electrons.